The smallest absolute Gasteiger partial charge is 0.135 e. The van der Waals surface area contributed by atoms with Gasteiger partial charge in [0.05, 0.1) is 18.1 Å². The second kappa shape index (κ2) is 6.53. The van der Waals surface area contributed by atoms with Gasteiger partial charge in [-0.1, -0.05) is 7.43 Å². The van der Waals surface area contributed by atoms with Crippen molar-refractivity contribution in [2.45, 2.75) is 12.8 Å². The van der Waals surface area contributed by atoms with Crippen molar-refractivity contribution in [1.82, 2.24) is 9.88 Å². The average molecular weight is 297 g/mol. The third-order valence-electron chi connectivity index (χ3n) is 4.66. The Kier molecular flexibility index (Phi) is 4.48. The van der Waals surface area contributed by atoms with Crippen molar-refractivity contribution >= 4 is 5.69 Å². The van der Waals surface area contributed by atoms with Crippen molar-refractivity contribution < 1.29 is 4.42 Å². The van der Waals surface area contributed by atoms with Crippen molar-refractivity contribution in [1.29, 1.82) is 0 Å². The van der Waals surface area contributed by atoms with Gasteiger partial charge in [-0.05, 0) is 43.5 Å². The Labute approximate surface area is 132 Å². The number of pyridine rings is 1. The fraction of sp³-hybridized carbons (Fsp3) is 0.444. The number of fused-ring (bicyclic) bond motifs is 2. The SMILES string of the molecule is [CH2].c1coc(-c2cncc(N3CCN4CCCC(C4)C3)c2)c1. The fourth-order valence-electron chi connectivity index (χ4n) is 3.58. The first-order valence-electron chi connectivity index (χ1n) is 7.85. The molecule has 22 heavy (non-hydrogen) atoms. The number of furan rings is 1. The molecule has 0 N–H and O–H groups in total. The highest BCUT2D eigenvalue weighted by Gasteiger charge is 2.26. The number of hydrogen-bond donors (Lipinski definition) is 0. The lowest BCUT2D eigenvalue weighted by Gasteiger charge is -2.29. The first-order valence-corrected chi connectivity index (χ1v) is 7.85. The largest absolute Gasteiger partial charge is 0.464 e. The summed E-state index contributed by atoms with van der Waals surface area (Å²) < 4.78 is 5.49. The van der Waals surface area contributed by atoms with E-state index in [-0.39, 0.29) is 7.43 Å². The van der Waals surface area contributed by atoms with Gasteiger partial charge in [-0.3, -0.25) is 4.98 Å². The summed E-state index contributed by atoms with van der Waals surface area (Å²) in [5.41, 5.74) is 2.28. The molecule has 2 radical (unpaired) electrons. The zero-order valence-corrected chi connectivity index (χ0v) is 12.9. The summed E-state index contributed by atoms with van der Waals surface area (Å²) in [7, 11) is 0. The van der Waals surface area contributed by atoms with Crippen LogP contribution in [0.3, 0.4) is 0 Å². The zero-order chi connectivity index (χ0) is 14.1. The predicted molar refractivity (Wildman–Crippen MR) is 88.7 cm³/mol. The van der Waals surface area contributed by atoms with Gasteiger partial charge < -0.3 is 14.2 Å². The van der Waals surface area contributed by atoms with Crippen LogP contribution in [-0.4, -0.2) is 42.6 Å². The lowest BCUT2D eigenvalue weighted by Crippen LogP contribution is -2.35. The predicted octanol–water partition coefficient (Wildman–Crippen LogP) is 3.20. The highest BCUT2D eigenvalue weighted by molar-refractivity contribution is 5.62. The van der Waals surface area contributed by atoms with Crippen molar-refractivity contribution in [2.24, 2.45) is 5.92 Å². The van der Waals surface area contributed by atoms with Crippen LogP contribution in [-0.2, 0) is 0 Å². The van der Waals surface area contributed by atoms with E-state index < -0.39 is 0 Å². The number of piperidine rings is 1. The van der Waals surface area contributed by atoms with Gasteiger partial charge in [0, 0.05) is 37.9 Å². The minimum Gasteiger partial charge on any atom is -0.464 e. The average Bonchev–Trinajstić information content (AvgIpc) is 3.02. The third-order valence-corrected chi connectivity index (χ3v) is 4.66. The van der Waals surface area contributed by atoms with Crippen molar-refractivity contribution in [3.05, 3.63) is 44.3 Å². The Morgan fingerprint density at radius 1 is 1.14 bits per heavy atom. The van der Waals surface area contributed by atoms with Gasteiger partial charge in [-0.15, -0.1) is 0 Å². The molecular weight excluding hydrogens is 274 g/mol. The minimum absolute atomic E-state index is 0. The first kappa shape index (κ1) is 15.1. The number of rotatable bonds is 2. The molecule has 2 aliphatic rings. The van der Waals surface area contributed by atoms with Crippen LogP contribution in [0.25, 0.3) is 11.3 Å². The summed E-state index contributed by atoms with van der Waals surface area (Å²) in [6.45, 7) is 5.96. The molecule has 0 spiro atoms. The van der Waals surface area contributed by atoms with E-state index in [4.69, 9.17) is 4.42 Å². The maximum atomic E-state index is 5.49. The summed E-state index contributed by atoms with van der Waals surface area (Å²) in [5.74, 6) is 1.69. The van der Waals surface area contributed by atoms with Gasteiger partial charge in [0.25, 0.3) is 0 Å². The van der Waals surface area contributed by atoms with Gasteiger partial charge in [-0.25, -0.2) is 0 Å². The van der Waals surface area contributed by atoms with Crippen LogP contribution in [0.15, 0.2) is 41.3 Å². The van der Waals surface area contributed by atoms with E-state index in [1.807, 2.05) is 24.5 Å². The van der Waals surface area contributed by atoms with Gasteiger partial charge >= 0.3 is 0 Å². The second-order valence-corrected chi connectivity index (χ2v) is 6.16. The Morgan fingerprint density at radius 3 is 2.95 bits per heavy atom. The molecule has 0 saturated carbocycles. The summed E-state index contributed by atoms with van der Waals surface area (Å²) in [6.07, 6.45) is 8.28. The van der Waals surface area contributed by atoms with Crippen molar-refractivity contribution in [3.63, 3.8) is 0 Å². The summed E-state index contributed by atoms with van der Waals surface area (Å²) in [5, 5.41) is 0. The van der Waals surface area contributed by atoms with Gasteiger partial charge in [-0.2, -0.15) is 0 Å². The number of nitrogens with zero attached hydrogens (tertiary/aromatic N) is 3. The molecule has 2 unspecified atom stereocenters. The minimum atomic E-state index is 0. The highest BCUT2D eigenvalue weighted by Crippen LogP contribution is 2.27. The van der Waals surface area contributed by atoms with Crippen molar-refractivity contribution in [2.75, 3.05) is 37.6 Å². The maximum Gasteiger partial charge on any atom is 0.135 e. The van der Waals surface area contributed by atoms with Crippen LogP contribution in [0.1, 0.15) is 12.8 Å². The molecule has 0 aromatic carbocycles. The molecule has 2 aliphatic heterocycles. The lowest BCUT2D eigenvalue weighted by atomic mass is 9.98. The Hall–Kier alpha value is -1.81. The molecule has 2 saturated heterocycles. The van der Waals surface area contributed by atoms with E-state index in [1.54, 1.807) is 6.26 Å². The maximum absolute atomic E-state index is 5.49. The molecule has 4 rings (SSSR count). The van der Waals surface area contributed by atoms with Crippen LogP contribution in [0, 0.1) is 13.3 Å². The topological polar surface area (TPSA) is 32.5 Å². The van der Waals surface area contributed by atoms with Crippen molar-refractivity contribution in [3.8, 4) is 11.3 Å². The van der Waals surface area contributed by atoms with Gasteiger partial charge in [0.15, 0.2) is 0 Å². The molecule has 4 heteroatoms. The highest BCUT2D eigenvalue weighted by atomic mass is 16.3. The monoisotopic (exact) mass is 297 g/mol. The molecule has 4 heterocycles. The van der Waals surface area contributed by atoms with Crippen LogP contribution in [0.4, 0.5) is 5.69 Å². The normalized spacial score (nSPS) is 24.5. The standard InChI is InChI=1S/C17H21N3O.CH2/c1-3-14-12-19(5-1)6-7-20(13-14)16-9-15(10-18-11-16)17-4-2-8-21-17;/h2,4,8-11,14H,1,3,5-7,12-13H2;1H2. The summed E-state index contributed by atoms with van der Waals surface area (Å²) in [4.78, 5) is 9.52. The summed E-state index contributed by atoms with van der Waals surface area (Å²) in [6, 6.07) is 6.11. The van der Waals surface area contributed by atoms with E-state index in [2.05, 4.69) is 20.9 Å². The molecular formula is C18H23N3O. The molecule has 116 valence electrons. The van der Waals surface area contributed by atoms with Crippen LogP contribution >= 0.6 is 0 Å². The summed E-state index contributed by atoms with van der Waals surface area (Å²) >= 11 is 0. The van der Waals surface area contributed by atoms with E-state index >= 15 is 0 Å². The fourth-order valence-corrected chi connectivity index (χ4v) is 3.58. The number of aromatic nitrogens is 1. The molecule has 2 bridgehead atoms. The van der Waals surface area contributed by atoms with Crippen LogP contribution in [0.2, 0.25) is 0 Å². The van der Waals surface area contributed by atoms with Crippen LogP contribution < -0.4 is 4.90 Å². The third kappa shape index (κ3) is 3.02. The molecule has 2 fully saturated rings. The Morgan fingerprint density at radius 2 is 2.09 bits per heavy atom. The zero-order valence-electron chi connectivity index (χ0n) is 12.9. The second-order valence-electron chi connectivity index (χ2n) is 6.16. The number of anilines is 1. The van der Waals surface area contributed by atoms with Gasteiger partial charge in [0.1, 0.15) is 5.76 Å². The molecule has 4 nitrogen and oxygen atoms in total. The Balaban J connectivity index is 0.00000144. The molecule has 0 aliphatic carbocycles. The number of hydrogen-bond acceptors (Lipinski definition) is 4. The molecule has 2 aromatic rings. The Bertz CT molecular complexity index is 596. The van der Waals surface area contributed by atoms with E-state index in [9.17, 15) is 0 Å². The molecule has 2 atom stereocenters. The van der Waals surface area contributed by atoms with Crippen LogP contribution in [0.5, 0.6) is 0 Å². The molecule has 0 amide bonds. The quantitative estimate of drug-likeness (QED) is 0.852. The first-order chi connectivity index (χ1) is 10.4. The lowest BCUT2D eigenvalue weighted by molar-refractivity contribution is 0.201. The van der Waals surface area contributed by atoms with E-state index in [0.29, 0.717) is 0 Å². The van der Waals surface area contributed by atoms with E-state index in [1.165, 1.54) is 38.2 Å². The van der Waals surface area contributed by atoms with E-state index in [0.717, 1.165) is 30.3 Å². The van der Waals surface area contributed by atoms with Gasteiger partial charge in [0.2, 0.25) is 0 Å². The molecule has 2 aromatic heterocycles.